The van der Waals surface area contributed by atoms with Crippen LogP contribution in [0, 0.1) is 5.82 Å². The Balaban J connectivity index is 1.90. The molecule has 0 unspecified atom stereocenters. The van der Waals surface area contributed by atoms with Crippen LogP contribution in [-0.4, -0.2) is 49.7 Å². The van der Waals surface area contributed by atoms with Crippen molar-refractivity contribution >= 4 is 5.82 Å². The molecule has 0 saturated carbocycles. The van der Waals surface area contributed by atoms with Gasteiger partial charge in [0.05, 0.1) is 31.0 Å². The Bertz CT molecular complexity index is 1310. The highest BCUT2D eigenvalue weighted by Crippen LogP contribution is 2.36. The van der Waals surface area contributed by atoms with E-state index in [1.54, 1.807) is 13.8 Å². The van der Waals surface area contributed by atoms with Crippen molar-refractivity contribution in [3.8, 4) is 5.82 Å². The van der Waals surface area contributed by atoms with Crippen molar-refractivity contribution in [3.63, 3.8) is 0 Å². The molecule has 36 heavy (non-hydrogen) atoms. The van der Waals surface area contributed by atoms with Crippen molar-refractivity contribution in [1.29, 1.82) is 0 Å². The van der Waals surface area contributed by atoms with Crippen LogP contribution in [0.25, 0.3) is 5.82 Å². The minimum atomic E-state index is -5.19. The number of ether oxygens (including phenoxy) is 1. The number of imidazole rings is 1. The fourth-order valence-electron chi connectivity index (χ4n) is 3.91. The molecule has 1 saturated heterocycles. The second-order valence-electron chi connectivity index (χ2n) is 8.25. The number of hydrogen-bond donors (Lipinski definition) is 0. The molecule has 0 aliphatic carbocycles. The summed E-state index contributed by atoms with van der Waals surface area (Å²) in [4.78, 5) is 18.3. The lowest BCUT2D eigenvalue weighted by molar-refractivity contribution is -0.143. The quantitative estimate of drug-likeness (QED) is 0.478. The number of rotatable bonds is 5. The molecular weight excluding hydrogens is 501 g/mol. The third-order valence-corrected chi connectivity index (χ3v) is 5.65. The standard InChI is InChI=1S/C21H21F7N6O2/c1-3-32-9-13(7-29-32)10-33-15(21(26,27)28)11-34(19(33)35)18-17(22)14(20(23,24)25)6-16(30-18)31-4-5-36-12(2)8-31/h6-7,9,11-12H,3-5,8,10H2,1-2H3/t12-/m1/s1. The van der Waals surface area contributed by atoms with E-state index in [1.807, 2.05) is 0 Å². The van der Waals surface area contributed by atoms with E-state index in [4.69, 9.17) is 4.74 Å². The van der Waals surface area contributed by atoms with Crippen LogP contribution in [0.5, 0.6) is 0 Å². The number of aryl methyl sites for hydroxylation is 1. The molecule has 3 aromatic heterocycles. The second kappa shape index (κ2) is 9.26. The number of aromatic nitrogens is 5. The Morgan fingerprint density at radius 3 is 2.44 bits per heavy atom. The molecule has 0 amide bonds. The Morgan fingerprint density at radius 1 is 1.14 bits per heavy atom. The van der Waals surface area contributed by atoms with Gasteiger partial charge in [0, 0.05) is 37.6 Å². The summed E-state index contributed by atoms with van der Waals surface area (Å²) in [5, 5.41) is 3.94. The minimum Gasteiger partial charge on any atom is -0.375 e. The first-order valence-electron chi connectivity index (χ1n) is 10.8. The van der Waals surface area contributed by atoms with E-state index < -0.39 is 47.5 Å². The van der Waals surface area contributed by atoms with Crippen LogP contribution in [0.15, 0.2) is 29.5 Å². The molecule has 0 aromatic carbocycles. The molecule has 0 spiro atoms. The van der Waals surface area contributed by atoms with Crippen LogP contribution < -0.4 is 10.6 Å². The number of pyridine rings is 1. The van der Waals surface area contributed by atoms with Gasteiger partial charge < -0.3 is 9.64 Å². The average Bonchev–Trinajstić information content (AvgIpc) is 3.38. The summed E-state index contributed by atoms with van der Waals surface area (Å²) in [6.45, 7) is 3.62. The lowest BCUT2D eigenvalue weighted by Crippen LogP contribution is -2.42. The highest BCUT2D eigenvalue weighted by atomic mass is 19.4. The molecular formula is C21H21F7N6O2. The lowest BCUT2D eigenvalue weighted by atomic mass is 10.2. The van der Waals surface area contributed by atoms with Gasteiger partial charge in [-0.25, -0.2) is 18.7 Å². The summed E-state index contributed by atoms with van der Waals surface area (Å²) in [5.74, 6) is -3.48. The van der Waals surface area contributed by atoms with Gasteiger partial charge in [-0.3, -0.25) is 9.25 Å². The van der Waals surface area contributed by atoms with Gasteiger partial charge in [-0.2, -0.15) is 31.4 Å². The molecule has 0 radical (unpaired) electrons. The van der Waals surface area contributed by atoms with Gasteiger partial charge in [0.25, 0.3) is 0 Å². The van der Waals surface area contributed by atoms with Gasteiger partial charge in [0.2, 0.25) is 0 Å². The van der Waals surface area contributed by atoms with Crippen LogP contribution in [0.2, 0.25) is 0 Å². The van der Waals surface area contributed by atoms with Crippen molar-refractivity contribution in [3.05, 3.63) is 57.8 Å². The highest BCUT2D eigenvalue weighted by molar-refractivity contribution is 5.49. The van der Waals surface area contributed by atoms with E-state index in [-0.39, 0.29) is 47.9 Å². The number of alkyl halides is 6. The molecule has 4 rings (SSSR count). The first kappa shape index (κ1) is 25.7. The number of anilines is 1. The zero-order valence-corrected chi connectivity index (χ0v) is 19.1. The maximum absolute atomic E-state index is 15.1. The predicted octanol–water partition coefficient (Wildman–Crippen LogP) is 3.70. The van der Waals surface area contributed by atoms with E-state index in [0.29, 0.717) is 17.2 Å². The van der Waals surface area contributed by atoms with Crippen molar-refractivity contribution < 1.29 is 35.5 Å². The Kier molecular flexibility index (Phi) is 6.62. The van der Waals surface area contributed by atoms with Crippen molar-refractivity contribution in [2.45, 2.75) is 45.4 Å². The minimum absolute atomic E-state index is 0.112. The molecule has 1 aliphatic rings. The predicted molar refractivity (Wildman–Crippen MR) is 112 cm³/mol. The van der Waals surface area contributed by atoms with Crippen LogP contribution in [0.4, 0.5) is 36.6 Å². The Hall–Kier alpha value is -3.36. The topological polar surface area (TPSA) is 70.1 Å². The smallest absolute Gasteiger partial charge is 0.375 e. The van der Waals surface area contributed by atoms with E-state index in [9.17, 15) is 31.1 Å². The number of morpholine rings is 1. The molecule has 8 nitrogen and oxygen atoms in total. The Labute approximate surface area is 199 Å². The van der Waals surface area contributed by atoms with E-state index in [0.717, 1.165) is 0 Å². The van der Waals surface area contributed by atoms with Crippen LogP contribution in [-0.2, 0) is 30.2 Å². The molecule has 1 aliphatic heterocycles. The summed E-state index contributed by atoms with van der Waals surface area (Å²) in [6, 6.07) is 0.475. The van der Waals surface area contributed by atoms with Gasteiger partial charge in [-0.1, -0.05) is 0 Å². The normalized spacial score (nSPS) is 17.1. The first-order chi connectivity index (χ1) is 16.8. The molecule has 0 N–H and O–H groups in total. The van der Waals surface area contributed by atoms with Crippen LogP contribution in [0.3, 0.4) is 0 Å². The summed E-state index contributed by atoms with van der Waals surface area (Å²) in [7, 11) is 0. The van der Waals surface area contributed by atoms with Gasteiger partial charge >= 0.3 is 18.0 Å². The van der Waals surface area contributed by atoms with Crippen molar-refractivity contribution in [2.24, 2.45) is 0 Å². The monoisotopic (exact) mass is 522 g/mol. The number of hydrogen-bond acceptors (Lipinski definition) is 5. The van der Waals surface area contributed by atoms with E-state index in [1.165, 1.54) is 22.0 Å². The number of nitrogens with zero attached hydrogens (tertiary/aromatic N) is 6. The molecule has 4 heterocycles. The molecule has 196 valence electrons. The van der Waals surface area contributed by atoms with Gasteiger partial charge in [0.15, 0.2) is 11.6 Å². The van der Waals surface area contributed by atoms with Gasteiger partial charge in [0.1, 0.15) is 11.5 Å². The summed E-state index contributed by atoms with van der Waals surface area (Å²) in [5.41, 5.74) is -4.39. The maximum atomic E-state index is 15.1. The summed E-state index contributed by atoms with van der Waals surface area (Å²) in [6.07, 6.45) is -7.70. The average molecular weight is 522 g/mol. The maximum Gasteiger partial charge on any atom is 0.433 e. The second-order valence-corrected chi connectivity index (χ2v) is 8.25. The van der Waals surface area contributed by atoms with E-state index in [2.05, 4.69) is 10.1 Å². The van der Waals surface area contributed by atoms with Crippen LogP contribution >= 0.6 is 0 Å². The van der Waals surface area contributed by atoms with E-state index >= 15 is 4.39 Å². The highest BCUT2D eigenvalue weighted by Gasteiger charge is 2.40. The van der Waals surface area contributed by atoms with Crippen LogP contribution in [0.1, 0.15) is 30.7 Å². The van der Waals surface area contributed by atoms with Crippen molar-refractivity contribution in [2.75, 3.05) is 24.6 Å². The zero-order chi connectivity index (χ0) is 26.4. The first-order valence-corrected chi connectivity index (χ1v) is 10.8. The third-order valence-electron chi connectivity index (χ3n) is 5.65. The Morgan fingerprint density at radius 2 is 1.86 bits per heavy atom. The van der Waals surface area contributed by atoms with Gasteiger partial charge in [-0.05, 0) is 19.9 Å². The van der Waals surface area contributed by atoms with Gasteiger partial charge in [-0.15, -0.1) is 0 Å². The summed E-state index contributed by atoms with van der Waals surface area (Å²) < 4.78 is 105. The third kappa shape index (κ3) is 4.96. The molecule has 0 bridgehead atoms. The molecule has 3 aromatic rings. The largest absolute Gasteiger partial charge is 0.433 e. The molecule has 1 fully saturated rings. The summed E-state index contributed by atoms with van der Waals surface area (Å²) >= 11 is 0. The molecule has 1 atom stereocenters. The SMILES string of the molecule is CCn1cc(Cn2c(C(F)(F)F)cn(-c3nc(N4CCO[C@H](C)C4)cc(C(F)(F)F)c3F)c2=O)cn1. The zero-order valence-electron chi connectivity index (χ0n) is 19.1. The fourth-order valence-corrected chi connectivity index (χ4v) is 3.91. The number of halogens is 7. The lowest BCUT2D eigenvalue weighted by Gasteiger charge is -2.32. The molecule has 15 heteroatoms. The fraction of sp³-hybridized carbons (Fsp3) is 0.476. The van der Waals surface area contributed by atoms with Crippen molar-refractivity contribution in [1.82, 2.24) is 23.9 Å².